The maximum Gasteiger partial charge on any atom is 0.0701 e. The molecule has 3 N–H and O–H groups in total. The molecule has 0 atom stereocenters. The predicted octanol–water partition coefficient (Wildman–Crippen LogP) is 0.730. The molecule has 4 nitrogen and oxygen atoms in total. The zero-order chi connectivity index (χ0) is 12.1. The van der Waals surface area contributed by atoms with Crippen LogP contribution in [0.1, 0.15) is 38.5 Å². The molecule has 4 heteroatoms. The normalized spacial score (nSPS) is 32.8. The summed E-state index contributed by atoms with van der Waals surface area (Å²) in [5.74, 6) is 0. The Morgan fingerprint density at radius 3 is 2.29 bits per heavy atom. The Labute approximate surface area is 104 Å². The largest absolute Gasteiger partial charge is 0.394 e. The summed E-state index contributed by atoms with van der Waals surface area (Å²) in [5.41, 5.74) is 5.94. The van der Waals surface area contributed by atoms with Crippen LogP contribution in [0.3, 0.4) is 0 Å². The van der Waals surface area contributed by atoms with E-state index in [1.807, 2.05) is 0 Å². The fourth-order valence-electron chi connectivity index (χ4n) is 3.09. The Hall–Kier alpha value is -0.160. The van der Waals surface area contributed by atoms with Gasteiger partial charge in [-0.1, -0.05) is 0 Å². The maximum atomic E-state index is 8.73. The molecule has 0 unspecified atom stereocenters. The molecule has 1 heterocycles. The van der Waals surface area contributed by atoms with Crippen LogP contribution in [0.5, 0.6) is 0 Å². The number of nitrogens with two attached hydrogens (primary N) is 1. The molecule has 0 amide bonds. The zero-order valence-electron chi connectivity index (χ0n) is 10.7. The van der Waals surface area contributed by atoms with Gasteiger partial charge in [0, 0.05) is 25.2 Å². The summed E-state index contributed by atoms with van der Waals surface area (Å²) in [6.45, 7) is 2.93. The molecule has 2 aliphatic rings. The lowest BCUT2D eigenvalue weighted by molar-refractivity contribution is -0.0186. The van der Waals surface area contributed by atoms with Crippen LogP contribution in [0.25, 0.3) is 0 Å². The van der Waals surface area contributed by atoms with Crippen LogP contribution in [0.2, 0.25) is 0 Å². The molecule has 100 valence electrons. The van der Waals surface area contributed by atoms with Gasteiger partial charge in [-0.25, -0.2) is 0 Å². The summed E-state index contributed by atoms with van der Waals surface area (Å²) in [6, 6.07) is 1.20. The van der Waals surface area contributed by atoms with E-state index in [0.717, 1.165) is 32.0 Å². The van der Waals surface area contributed by atoms with Crippen LogP contribution >= 0.6 is 0 Å². The van der Waals surface area contributed by atoms with Gasteiger partial charge in [-0.05, 0) is 38.5 Å². The van der Waals surface area contributed by atoms with Crippen LogP contribution in [0.4, 0.5) is 0 Å². The van der Waals surface area contributed by atoms with Crippen LogP contribution < -0.4 is 5.73 Å². The first-order chi connectivity index (χ1) is 8.29. The van der Waals surface area contributed by atoms with Crippen molar-refractivity contribution < 1.29 is 9.84 Å². The summed E-state index contributed by atoms with van der Waals surface area (Å²) < 4.78 is 5.59. The number of aliphatic hydroxyl groups excluding tert-OH is 1. The highest BCUT2D eigenvalue weighted by Crippen LogP contribution is 2.25. The minimum atomic E-state index is 0.140. The molecule has 0 aromatic carbocycles. The van der Waals surface area contributed by atoms with Gasteiger partial charge in [0.15, 0.2) is 0 Å². The lowest BCUT2D eigenvalue weighted by Crippen LogP contribution is -2.46. The lowest BCUT2D eigenvalue weighted by atomic mass is 9.89. The second kappa shape index (κ2) is 6.69. The molecule has 0 radical (unpaired) electrons. The van der Waals surface area contributed by atoms with Gasteiger partial charge in [0.1, 0.15) is 0 Å². The highest BCUT2D eigenvalue weighted by atomic mass is 16.5. The van der Waals surface area contributed by atoms with Gasteiger partial charge >= 0.3 is 0 Å². The number of nitrogens with zero attached hydrogens (tertiary/aromatic N) is 1. The molecule has 17 heavy (non-hydrogen) atoms. The van der Waals surface area contributed by atoms with E-state index in [-0.39, 0.29) is 6.61 Å². The number of hydrogen-bond donors (Lipinski definition) is 2. The van der Waals surface area contributed by atoms with Gasteiger partial charge in [-0.2, -0.15) is 0 Å². The Morgan fingerprint density at radius 1 is 1.06 bits per heavy atom. The van der Waals surface area contributed by atoms with Crippen LogP contribution in [-0.2, 0) is 4.74 Å². The van der Waals surface area contributed by atoms with E-state index in [0.29, 0.717) is 18.8 Å². The molecule has 1 aliphatic heterocycles. The van der Waals surface area contributed by atoms with Crippen molar-refractivity contribution >= 4 is 0 Å². The van der Waals surface area contributed by atoms with Crippen molar-refractivity contribution in [1.82, 2.24) is 4.90 Å². The number of ether oxygens (including phenoxy) is 1. The van der Waals surface area contributed by atoms with Crippen molar-refractivity contribution in [1.29, 1.82) is 0 Å². The molecule has 1 aliphatic carbocycles. The average Bonchev–Trinajstić information content (AvgIpc) is 2.38. The van der Waals surface area contributed by atoms with E-state index < -0.39 is 0 Å². The van der Waals surface area contributed by atoms with Crippen molar-refractivity contribution in [3.63, 3.8) is 0 Å². The summed E-state index contributed by atoms with van der Waals surface area (Å²) >= 11 is 0. The molecule has 2 fully saturated rings. The van der Waals surface area contributed by atoms with Gasteiger partial charge in [-0.3, -0.25) is 0 Å². The number of aliphatic hydroxyl groups is 1. The minimum absolute atomic E-state index is 0.140. The van der Waals surface area contributed by atoms with Crippen LogP contribution in [0, 0.1) is 0 Å². The fourth-order valence-corrected chi connectivity index (χ4v) is 3.09. The van der Waals surface area contributed by atoms with E-state index in [4.69, 9.17) is 15.6 Å². The van der Waals surface area contributed by atoms with E-state index in [9.17, 15) is 0 Å². The van der Waals surface area contributed by atoms with Gasteiger partial charge in [0.2, 0.25) is 0 Å². The summed E-state index contributed by atoms with van der Waals surface area (Å²) in [6.07, 6.45) is 7.50. The van der Waals surface area contributed by atoms with Crippen molar-refractivity contribution in [3.8, 4) is 0 Å². The second-order valence-electron chi connectivity index (χ2n) is 5.40. The molecule has 1 saturated carbocycles. The third kappa shape index (κ3) is 3.91. The number of rotatable bonds is 4. The van der Waals surface area contributed by atoms with E-state index in [1.54, 1.807) is 0 Å². The summed E-state index contributed by atoms with van der Waals surface area (Å²) in [5, 5.41) is 8.73. The Balaban J connectivity index is 1.68. The predicted molar refractivity (Wildman–Crippen MR) is 67.9 cm³/mol. The molecule has 0 aromatic rings. The van der Waals surface area contributed by atoms with Crippen molar-refractivity contribution in [2.24, 2.45) is 5.73 Å². The SMILES string of the molecule is NC1CCC(N2CCC(OCCO)CC2)CC1. The van der Waals surface area contributed by atoms with Gasteiger partial charge in [-0.15, -0.1) is 0 Å². The Morgan fingerprint density at radius 2 is 1.71 bits per heavy atom. The average molecular weight is 242 g/mol. The smallest absolute Gasteiger partial charge is 0.0701 e. The van der Waals surface area contributed by atoms with E-state index in [1.165, 1.54) is 25.7 Å². The van der Waals surface area contributed by atoms with E-state index in [2.05, 4.69) is 4.90 Å². The first-order valence-electron chi connectivity index (χ1n) is 7.01. The van der Waals surface area contributed by atoms with Crippen molar-refractivity contribution in [2.45, 2.75) is 56.7 Å². The molecule has 0 bridgehead atoms. The standard InChI is InChI=1S/C13H26N2O2/c14-11-1-3-12(4-2-11)15-7-5-13(6-8-15)17-10-9-16/h11-13,16H,1-10,14H2. The lowest BCUT2D eigenvalue weighted by Gasteiger charge is -2.40. The fraction of sp³-hybridized carbons (Fsp3) is 1.00. The van der Waals surface area contributed by atoms with Crippen LogP contribution in [0.15, 0.2) is 0 Å². The highest BCUT2D eigenvalue weighted by Gasteiger charge is 2.27. The Bertz CT molecular complexity index is 209. The monoisotopic (exact) mass is 242 g/mol. The second-order valence-corrected chi connectivity index (χ2v) is 5.40. The molecular weight excluding hydrogens is 216 g/mol. The molecule has 0 spiro atoms. The summed E-state index contributed by atoms with van der Waals surface area (Å²) in [7, 11) is 0. The third-order valence-electron chi connectivity index (χ3n) is 4.18. The van der Waals surface area contributed by atoms with Crippen LogP contribution in [-0.4, -0.2) is 54.5 Å². The number of hydrogen-bond acceptors (Lipinski definition) is 4. The van der Waals surface area contributed by atoms with Gasteiger partial charge in [0.25, 0.3) is 0 Å². The first kappa shape index (κ1) is 13.3. The molecule has 1 saturated heterocycles. The maximum absolute atomic E-state index is 8.73. The van der Waals surface area contributed by atoms with Gasteiger partial charge in [0.05, 0.1) is 19.3 Å². The zero-order valence-corrected chi connectivity index (χ0v) is 10.7. The Kier molecular flexibility index (Phi) is 5.22. The topological polar surface area (TPSA) is 58.7 Å². The quantitative estimate of drug-likeness (QED) is 0.763. The molecule has 2 rings (SSSR count). The van der Waals surface area contributed by atoms with Crippen molar-refractivity contribution in [2.75, 3.05) is 26.3 Å². The summed E-state index contributed by atoms with van der Waals surface area (Å²) in [4.78, 5) is 2.62. The molecular formula is C13H26N2O2. The highest BCUT2D eigenvalue weighted by molar-refractivity contribution is 4.84. The number of likely N-dealkylation sites (tertiary alicyclic amines) is 1. The number of piperidine rings is 1. The minimum Gasteiger partial charge on any atom is -0.394 e. The molecule has 0 aromatic heterocycles. The van der Waals surface area contributed by atoms with Gasteiger partial charge < -0.3 is 20.5 Å². The third-order valence-corrected chi connectivity index (χ3v) is 4.18. The van der Waals surface area contributed by atoms with E-state index >= 15 is 0 Å². The van der Waals surface area contributed by atoms with Crippen molar-refractivity contribution in [3.05, 3.63) is 0 Å². The first-order valence-corrected chi connectivity index (χ1v) is 7.01.